The first-order chi connectivity index (χ1) is 24.6. The summed E-state index contributed by atoms with van der Waals surface area (Å²) in [5.41, 5.74) is 7.26. The number of nitrogens with zero attached hydrogens (tertiary/aromatic N) is 6. The van der Waals surface area contributed by atoms with E-state index in [2.05, 4.69) is 30.5 Å². The van der Waals surface area contributed by atoms with Gasteiger partial charge in [-0.05, 0) is 69.5 Å². The summed E-state index contributed by atoms with van der Waals surface area (Å²) in [5, 5.41) is 0. The number of benzene rings is 2. The zero-order chi connectivity index (χ0) is 37.5. The third kappa shape index (κ3) is 7.38. The maximum atomic E-state index is 14.6. The normalized spacial score (nSPS) is 16.2. The number of aryl methyl sites for hydroxylation is 3. The lowest BCUT2D eigenvalue weighted by Crippen LogP contribution is -2.46. The molecule has 0 radical (unpaired) electrons. The van der Waals surface area contributed by atoms with Crippen LogP contribution < -0.4 is 9.46 Å². The van der Waals surface area contributed by atoms with Crippen LogP contribution in [0.4, 0.5) is 5.95 Å². The van der Waals surface area contributed by atoms with E-state index in [1.807, 2.05) is 70.5 Å². The van der Waals surface area contributed by atoms with E-state index in [0.29, 0.717) is 29.0 Å². The molecule has 4 bridgehead atoms. The standard InChI is InChI=1S/C39H47N7O5S/c1-10-30-34(33-24(4)13-11-14-25(33)5)42-38-43-36(30)51-22-28(21-50-23(2)3)46(37(47)26-15-12-16-29(17-26)52(48,49)44-38)20-27-19-40-31-18-32(39(6,7)8)45(9)35(31)41-27/h11-19,23,28H,10,20-22H2,1-9H3,(H,42,43,44)/t28-/m1/s1. The van der Waals surface area contributed by atoms with Gasteiger partial charge in [0.05, 0.1) is 47.8 Å². The quantitative estimate of drug-likeness (QED) is 0.198. The molecule has 0 unspecified atom stereocenters. The van der Waals surface area contributed by atoms with Crippen LogP contribution in [0.2, 0.25) is 0 Å². The van der Waals surface area contributed by atoms with E-state index in [-0.39, 0.29) is 53.6 Å². The van der Waals surface area contributed by atoms with Crippen molar-refractivity contribution in [2.75, 3.05) is 17.9 Å². The molecule has 1 N–H and O–H groups in total. The third-order valence-corrected chi connectivity index (χ3v) is 10.6. The topological polar surface area (TPSA) is 141 Å². The van der Waals surface area contributed by atoms with Crippen LogP contribution in [-0.4, -0.2) is 69.1 Å². The lowest BCUT2D eigenvalue weighted by Gasteiger charge is -2.32. The highest BCUT2D eigenvalue weighted by molar-refractivity contribution is 7.92. The third-order valence-electron chi connectivity index (χ3n) is 9.28. The van der Waals surface area contributed by atoms with Gasteiger partial charge in [0.15, 0.2) is 5.65 Å². The SMILES string of the molecule is CCc1c2nc(nc1-c1c(C)cccc1C)NS(=O)(=O)c1cccc(c1)C(=O)N(Cc1cnc3cc(C(C)(C)C)n(C)c3n1)[C@H](COC(C)C)CO2. The molecule has 0 aliphatic carbocycles. The fourth-order valence-electron chi connectivity index (χ4n) is 6.64. The van der Waals surface area contributed by atoms with Gasteiger partial charge in [-0.2, -0.15) is 4.98 Å². The summed E-state index contributed by atoms with van der Waals surface area (Å²) in [7, 11) is -2.26. The second kappa shape index (κ2) is 14.3. The van der Waals surface area contributed by atoms with Crippen molar-refractivity contribution in [2.24, 2.45) is 7.05 Å². The molecular formula is C39H47N7O5S. The van der Waals surface area contributed by atoms with Crippen molar-refractivity contribution < 1.29 is 22.7 Å². The number of ether oxygens (including phenoxy) is 2. The first-order valence-corrected chi connectivity index (χ1v) is 19.0. The van der Waals surface area contributed by atoms with Gasteiger partial charge >= 0.3 is 0 Å². The Bertz CT molecular complexity index is 2240. The Morgan fingerprint density at radius 1 is 1.04 bits per heavy atom. The molecule has 1 aliphatic rings. The van der Waals surface area contributed by atoms with E-state index < -0.39 is 22.0 Å². The van der Waals surface area contributed by atoms with Crippen molar-refractivity contribution in [1.82, 2.24) is 29.4 Å². The van der Waals surface area contributed by atoms with Crippen molar-refractivity contribution in [1.29, 1.82) is 0 Å². The van der Waals surface area contributed by atoms with Gasteiger partial charge in [-0.15, -0.1) is 0 Å². The van der Waals surface area contributed by atoms with Gasteiger partial charge in [-0.1, -0.05) is 52.0 Å². The van der Waals surface area contributed by atoms with E-state index in [9.17, 15) is 13.2 Å². The molecule has 1 atom stereocenters. The van der Waals surface area contributed by atoms with Crippen LogP contribution in [0.15, 0.2) is 59.6 Å². The Hall–Kier alpha value is -4.88. The minimum absolute atomic E-state index is 0.00541. The molecule has 1 aliphatic heterocycles. The van der Waals surface area contributed by atoms with Gasteiger partial charge in [0.2, 0.25) is 11.8 Å². The zero-order valence-corrected chi connectivity index (χ0v) is 32.1. The Labute approximate surface area is 305 Å². The first kappa shape index (κ1) is 36.9. The number of carbonyl (C=O) groups is 1. The molecule has 0 saturated carbocycles. The molecule has 0 spiro atoms. The second-order valence-electron chi connectivity index (χ2n) is 14.6. The molecule has 52 heavy (non-hydrogen) atoms. The van der Waals surface area contributed by atoms with Gasteiger partial charge in [0.25, 0.3) is 15.9 Å². The van der Waals surface area contributed by atoms with E-state index in [4.69, 9.17) is 24.4 Å². The summed E-state index contributed by atoms with van der Waals surface area (Å²) in [6.45, 7) is 16.4. The summed E-state index contributed by atoms with van der Waals surface area (Å²) in [5.74, 6) is -0.319. The number of anilines is 1. The van der Waals surface area contributed by atoms with Crippen molar-refractivity contribution in [3.05, 3.63) is 88.4 Å². The summed E-state index contributed by atoms with van der Waals surface area (Å²) in [4.78, 5) is 35.2. The summed E-state index contributed by atoms with van der Waals surface area (Å²) in [6, 6.07) is 13.3. The fraction of sp³-hybridized carbons (Fsp3) is 0.410. The molecule has 13 heteroatoms. The number of carbonyl (C=O) groups excluding carboxylic acids is 1. The number of aromatic nitrogens is 5. The molecule has 12 nitrogen and oxygen atoms in total. The molecule has 2 aromatic carbocycles. The zero-order valence-electron chi connectivity index (χ0n) is 31.3. The fourth-order valence-corrected chi connectivity index (χ4v) is 7.63. The lowest BCUT2D eigenvalue weighted by molar-refractivity contribution is 0.00621. The molecule has 4 heterocycles. The Kier molecular flexibility index (Phi) is 10.1. The molecule has 5 aromatic rings. The maximum Gasteiger partial charge on any atom is 0.264 e. The molecular weight excluding hydrogens is 679 g/mol. The van der Waals surface area contributed by atoms with E-state index in [0.717, 1.165) is 27.9 Å². The summed E-state index contributed by atoms with van der Waals surface area (Å²) >= 11 is 0. The summed E-state index contributed by atoms with van der Waals surface area (Å²) in [6.07, 6.45) is 2.05. The maximum absolute atomic E-state index is 14.6. The second-order valence-corrected chi connectivity index (χ2v) is 16.3. The molecule has 0 fully saturated rings. The molecule has 1 amide bonds. The van der Waals surface area contributed by atoms with Gasteiger partial charge in [-0.25, -0.2) is 23.1 Å². The number of fused-ring (bicyclic) bond motifs is 5. The molecule has 3 aromatic heterocycles. The highest BCUT2D eigenvalue weighted by Crippen LogP contribution is 2.35. The van der Waals surface area contributed by atoms with Crippen molar-refractivity contribution in [2.45, 2.75) is 90.8 Å². The number of hydrogen-bond acceptors (Lipinski definition) is 9. The summed E-state index contributed by atoms with van der Waals surface area (Å²) < 4.78 is 45.0. The first-order valence-electron chi connectivity index (χ1n) is 17.5. The number of rotatable bonds is 7. The highest BCUT2D eigenvalue weighted by Gasteiger charge is 2.31. The van der Waals surface area contributed by atoms with E-state index in [1.54, 1.807) is 23.2 Å². The van der Waals surface area contributed by atoms with E-state index in [1.165, 1.54) is 12.1 Å². The monoisotopic (exact) mass is 725 g/mol. The van der Waals surface area contributed by atoms with Crippen LogP contribution in [0, 0.1) is 13.8 Å². The van der Waals surface area contributed by atoms with Crippen LogP contribution in [0.1, 0.15) is 80.0 Å². The van der Waals surface area contributed by atoms with Crippen LogP contribution in [0.25, 0.3) is 22.4 Å². The average Bonchev–Trinajstić information content (AvgIpc) is 3.42. The molecule has 6 rings (SSSR count). The number of nitrogens with one attached hydrogen (secondary N) is 1. The largest absolute Gasteiger partial charge is 0.475 e. The van der Waals surface area contributed by atoms with Crippen LogP contribution in [-0.2, 0) is 40.2 Å². The lowest BCUT2D eigenvalue weighted by atomic mass is 9.92. The minimum atomic E-state index is -4.22. The Morgan fingerprint density at radius 3 is 2.42 bits per heavy atom. The number of amides is 1. The predicted molar refractivity (Wildman–Crippen MR) is 201 cm³/mol. The highest BCUT2D eigenvalue weighted by atomic mass is 32.2. The van der Waals surface area contributed by atoms with Gasteiger partial charge in [-0.3, -0.25) is 9.78 Å². The van der Waals surface area contributed by atoms with Gasteiger partial charge in [0, 0.05) is 34.8 Å². The van der Waals surface area contributed by atoms with Crippen LogP contribution >= 0.6 is 0 Å². The van der Waals surface area contributed by atoms with Gasteiger partial charge in [0.1, 0.15) is 12.1 Å². The van der Waals surface area contributed by atoms with Crippen molar-refractivity contribution in [3.8, 4) is 17.1 Å². The van der Waals surface area contributed by atoms with E-state index >= 15 is 0 Å². The Balaban J connectivity index is 1.52. The molecule has 0 saturated heterocycles. The predicted octanol–water partition coefficient (Wildman–Crippen LogP) is 6.53. The molecule has 274 valence electrons. The Morgan fingerprint density at radius 2 is 1.75 bits per heavy atom. The smallest absolute Gasteiger partial charge is 0.264 e. The van der Waals surface area contributed by atoms with Crippen molar-refractivity contribution >= 4 is 33.0 Å². The minimum Gasteiger partial charge on any atom is -0.475 e. The number of sulfonamides is 1. The van der Waals surface area contributed by atoms with Crippen LogP contribution in [0.3, 0.4) is 0 Å². The van der Waals surface area contributed by atoms with Gasteiger partial charge < -0.3 is 18.9 Å². The van der Waals surface area contributed by atoms with Crippen molar-refractivity contribution in [3.63, 3.8) is 0 Å². The van der Waals surface area contributed by atoms with Crippen LogP contribution in [0.5, 0.6) is 5.88 Å². The average molecular weight is 726 g/mol. The number of hydrogen-bond donors (Lipinski definition) is 1.